The number of carbonyl (C=O) groups is 1. The van der Waals surface area contributed by atoms with Crippen molar-refractivity contribution >= 4 is 5.97 Å². The van der Waals surface area contributed by atoms with E-state index in [-0.39, 0.29) is 17.8 Å². The Morgan fingerprint density at radius 2 is 2.05 bits per heavy atom. The Kier molecular flexibility index (Phi) is 6.31. The van der Waals surface area contributed by atoms with Crippen LogP contribution < -0.4 is 10.1 Å². The second-order valence-corrected chi connectivity index (χ2v) is 5.08. The minimum absolute atomic E-state index is 0.144. The van der Waals surface area contributed by atoms with Crippen molar-refractivity contribution in [3.8, 4) is 11.5 Å². The number of esters is 1. The fourth-order valence-corrected chi connectivity index (χ4v) is 1.93. The SMILES string of the molecule is COC(=O)[C@H](CC(C)C)NCc1ccc(OC)cc1O. The maximum atomic E-state index is 11.7. The summed E-state index contributed by atoms with van der Waals surface area (Å²) < 4.78 is 9.81. The number of benzene rings is 1. The number of phenols is 1. The van der Waals surface area contributed by atoms with Gasteiger partial charge in [0, 0.05) is 18.2 Å². The quantitative estimate of drug-likeness (QED) is 0.749. The molecule has 1 aromatic carbocycles. The number of nitrogens with one attached hydrogen (secondary N) is 1. The Bertz CT molecular complexity index is 445. The zero-order valence-corrected chi connectivity index (χ0v) is 12.5. The van der Waals surface area contributed by atoms with E-state index in [1.54, 1.807) is 25.3 Å². The smallest absolute Gasteiger partial charge is 0.322 e. The van der Waals surface area contributed by atoms with Crippen LogP contribution in [0.2, 0.25) is 0 Å². The van der Waals surface area contributed by atoms with Gasteiger partial charge in [0.25, 0.3) is 0 Å². The standard InChI is InChI=1S/C15H23NO4/c1-10(2)7-13(15(18)20-4)16-9-11-5-6-12(19-3)8-14(11)17/h5-6,8,10,13,16-17H,7,9H2,1-4H3/t13-/m0/s1. The lowest BCUT2D eigenvalue weighted by atomic mass is 10.0. The van der Waals surface area contributed by atoms with Crippen molar-refractivity contribution in [3.63, 3.8) is 0 Å². The number of phenolic OH excluding ortho intramolecular Hbond substituents is 1. The van der Waals surface area contributed by atoms with Gasteiger partial charge in [-0.05, 0) is 18.4 Å². The number of methoxy groups -OCH3 is 2. The molecule has 5 nitrogen and oxygen atoms in total. The second-order valence-electron chi connectivity index (χ2n) is 5.08. The molecule has 0 spiro atoms. The Labute approximate surface area is 119 Å². The van der Waals surface area contributed by atoms with E-state index in [2.05, 4.69) is 5.32 Å². The first-order valence-electron chi connectivity index (χ1n) is 6.65. The molecule has 1 rings (SSSR count). The lowest BCUT2D eigenvalue weighted by Gasteiger charge is -2.18. The predicted octanol–water partition coefficient (Wildman–Crippen LogP) is 2.08. The van der Waals surface area contributed by atoms with E-state index in [4.69, 9.17) is 9.47 Å². The van der Waals surface area contributed by atoms with E-state index in [1.807, 2.05) is 13.8 Å². The van der Waals surface area contributed by atoms with Gasteiger partial charge in [-0.1, -0.05) is 19.9 Å². The van der Waals surface area contributed by atoms with Crippen molar-refractivity contribution in [1.82, 2.24) is 5.32 Å². The Morgan fingerprint density at radius 1 is 1.35 bits per heavy atom. The second kappa shape index (κ2) is 7.75. The molecular formula is C15H23NO4. The maximum Gasteiger partial charge on any atom is 0.322 e. The van der Waals surface area contributed by atoms with Crippen molar-refractivity contribution in [2.45, 2.75) is 32.9 Å². The molecule has 0 radical (unpaired) electrons. The number of carbonyl (C=O) groups excluding carboxylic acids is 1. The van der Waals surface area contributed by atoms with Gasteiger partial charge in [0.15, 0.2) is 0 Å². The van der Waals surface area contributed by atoms with Crippen LogP contribution in [0.3, 0.4) is 0 Å². The fourth-order valence-electron chi connectivity index (χ4n) is 1.93. The van der Waals surface area contributed by atoms with Gasteiger partial charge in [0.05, 0.1) is 14.2 Å². The minimum Gasteiger partial charge on any atom is -0.507 e. The summed E-state index contributed by atoms with van der Waals surface area (Å²) in [4.78, 5) is 11.7. The predicted molar refractivity (Wildman–Crippen MR) is 76.8 cm³/mol. The van der Waals surface area contributed by atoms with Crippen LogP contribution in [0.25, 0.3) is 0 Å². The number of aromatic hydroxyl groups is 1. The Balaban J connectivity index is 2.69. The van der Waals surface area contributed by atoms with Gasteiger partial charge in [-0.2, -0.15) is 0 Å². The normalized spacial score (nSPS) is 12.2. The van der Waals surface area contributed by atoms with Crippen LogP contribution in [0.15, 0.2) is 18.2 Å². The Morgan fingerprint density at radius 3 is 2.55 bits per heavy atom. The monoisotopic (exact) mass is 281 g/mol. The van der Waals surface area contributed by atoms with Gasteiger partial charge < -0.3 is 19.9 Å². The molecule has 0 aliphatic rings. The van der Waals surface area contributed by atoms with Crippen molar-refractivity contribution < 1.29 is 19.4 Å². The molecule has 5 heteroatoms. The van der Waals surface area contributed by atoms with Crippen LogP contribution >= 0.6 is 0 Å². The van der Waals surface area contributed by atoms with Crippen LogP contribution in [0.1, 0.15) is 25.8 Å². The number of hydrogen-bond acceptors (Lipinski definition) is 5. The topological polar surface area (TPSA) is 67.8 Å². The molecule has 0 amide bonds. The zero-order chi connectivity index (χ0) is 15.1. The summed E-state index contributed by atoms with van der Waals surface area (Å²) >= 11 is 0. The molecule has 20 heavy (non-hydrogen) atoms. The third kappa shape index (κ3) is 4.74. The molecule has 0 bridgehead atoms. The first-order valence-corrected chi connectivity index (χ1v) is 6.65. The van der Waals surface area contributed by atoms with Crippen LogP contribution in [-0.4, -0.2) is 31.3 Å². The molecule has 0 heterocycles. The molecule has 0 unspecified atom stereocenters. The van der Waals surface area contributed by atoms with Gasteiger partial charge >= 0.3 is 5.97 Å². The summed E-state index contributed by atoms with van der Waals surface area (Å²) in [5, 5.41) is 13.0. The molecular weight excluding hydrogens is 258 g/mol. The molecule has 112 valence electrons. The molecule has 0 saturated heterocycles. The summed E-state index contributed by atoms with van der Waals surface area (Å²) in [6.45, 7) is 4.48. The summed E-state index contributed by atoms with van der Waals surface area (Å²) in [6, 6.07) is 4.71. The van der Waals surface area contributed by atoms with Crippen molar-refractivity contribution in [3.05, 3.63) is 23.8 Å². The van der Waals surface area contributed by atoms with Gasteiger partial charge in [-0.3, -0.25) is 4.79 Å². The number of rotatable bonds is 7. The third-order valence-corrected chi connectivity index (χ3v) is 3.02. The van der Waals surface area contributed by atoms with Crippen LogP contribution in [-0.2, 0) is 16.1 Å². The first-order chi connectivity index (χ1) is 9.47. The van der Waals surface area contributed by atoms with E-state index in [9.17, 15) is 9.90 Å². The fraction of sp³-hybridized carbons (Fsp3) is 0.533. The van der Waals surface area contributed by atoms with Gasteiger partial charge in [-0.25, -0.2) is 0 Å². The van der Waals surface area contributed by atoms with E-state index in [0.29, 0.717) is 30.2 Å². The first kappa shape index (κ1) is 16.3. The highest BCUT2D eigenvalue weighted by molar-refractivity contribution is 5.75. The summed E-state index contributed by atoms with van der Waals surface area (Å²) in [5.41, 5.74) is 0.712. The molecule has 2 N–H and O–H groups in total. The molecule has 0 aliphatic heterocycles. The highest BCUT2D eigenvalue weighted by Gasteiger charge is 2.20. The molecule has 0 fully saturated rings. The van der Waals surface area contributed by atoms with Gasteiger partial charge in [-0.15, -0.1) is 0 Å². The van der Waals surface area contributed by atoms with Crippen LogP contribution in [0.4, 0.5) is 0 Å². The molecule has 1 atom stereocenters. The zero-order valence-electron chi connectivity index (χ0n) is 12.5. The van der Waals surface area contributed by atoms with Crippen LogP contribution in [0, 0.1) is 5.92 Å². The molecule has 1 aromatic rings. The molecule has 0 aliphatic carbocycles. The van der Waals surface area contributed by atoms with Crippen molar-refractivity contribution in [2.24, 2.45) is 5.92 Å². The van der Waals surface area contributed by atoms with E-state index in [1.165, 1.54) is 7.11 Å². The average molecular weight is 281 g/mol. The van der Waals surface area contributed by atoms with Crippen molar-refractivity contribution in [1.29, 1.82) is 0 Å². The van der Waals surface area contributed by atoms with Gasteiger partial charge in [0.2, 0.25) is 0 Å². The minimum atomic E-state index is -0.374. The highest BCUT2D eigenvalue weighted by atomic mass is 16.5. The third-order valence-electron chi connectivity index (χ3n) is 3.02. The summed E-state index contributed by atoms with van der Waals surface area (Å²) in [7, 11) is 2.92. The highest BCUT2D eigenvalue weighted by Crippen LogP contribution is 2.23. The number of hydrogen-bond donors (Lipinski definition) is 2. The Hall–Kier alpha value is -1.75. The van der Waals surface area contributed by atoms with E-state index < -0.39 is 0 Å². The molecule has 0 saturated carbocycles. The largest absolute Gasteiger partial charge is 0.507 e. The van der Waals surface area contributed by atoms with Gasteiger partial charge in [0.1, 0.15) is 17.5 Å². The lowest BCUT2D eigenvalue weighted by molar-refractivity contribution is -0.143. The summed E-state index contributed by atoms with van der Waals surface area (Å²) in [6.07, 6.45) is 0.684. The summed E-state index contributed by atoms with van der Waals surface area (Å²) in [5.74, 6) is 0.825. The van der Waals surface area contributed by atoms with Crippen molar-refractivity contribution in [2.75, 3.05) is 14.2 Å². The lowest BCUT2D eigenvalue weighted by Crippen LogP contribution is -2.38. The van der Waals surface area contributed by atoms with E-state index >= 15 is 0 Å². The van der Waals surface area contributed by atoms with E-state index in [0.717, 1.165) is 0 Å². The number of ether oxygens (including phenoxy) is 2. The maximum absolute atomic E-state index is 11.7. The van der Waals surface area contributed by atoms with Crippen LogP contribution in [0.5, 0.6) is 11.5 Å². The molecule has 0 aromatic heterocycles. The average Bonchev–Trinajstić information content (AvgIpc) is 2.43.